The zero-order valence-corrected chi connectivity index (χ0v) is 7.25. The van der Waals surface area contributed by atoms with Crippen molar-refractivity contribution < 1.29 is 19.1 Å². The molecule has 0 bridgehead atoms. The van der Waals surface area contributed by atoms with E-state index in [1.165, 1.54) is 7.11 Å². The molecule has 0 spiro atoms. The summed E-state index contributed by atoms with van der Waals surface area (Å²) in [7, 11) is 1.23. The fourth-order valence-electron chi connectivity index (χ4n) is 0.488. The first-order valence-electron chi connectivity index (χ1n) is 3.43. The van der Waals surface area contributed by atoms with Crippen molar-refractivity contribution in [1.29, 1.82) is 0 Å². The van der Waals surface area contributed by atoms with Gasteiger partial charge in [0.25, 0.3) is 0 Å². The van der Waals surface area contributed by atoms with Crippen LogP contribution in [-0.4, -0.2) is 25.5 Å². The number of hydrogen-bond acceptors (Lipinski definition) is 4. The molecule has 0 N–H and O–H groups in total. The summed E-state index contributed by atoms with van der Waals surface area (Å²) >= 11 is 0. The molecule has 0 aromatic rings. The van der Waals surface area contributed by atoms with Crippen molar-refractivity contribution in [3.63, 3.8) is 0 Å². The van der Waals surface area contributed by atoms with E-state index >= 15 is 0 Å². The molecular weight excluding hydrogens is 160 g/mol. The lowest BCUT2D eigenvalue weighted by Gasteiger charge is -2.02. The number of esters is 1. The van der Waals surface area contributed by atoms with E-state index in [-0.39, 0.29) is 18.8 Å². The van der Waals surface area contributed by atoms with Crippen molar-refractivity contribution >= 4 is 11.8 Å². The van der Waals surface area contributed by atoms with Crippen LogP contribution < -0.4 is 0 Å². The van der Waals surface area contributed by atoms with Gasteiger partial charge in [0.05, 0.1) is 12.9 Å². The van der Waals surface area contributed by atoms with Crippen LogP contribution in [0.3, 0.4) is 0 Å². The molecule has 0 atom stereocenters. The second kappa shape index (κ2) is 5.35. The molecule has 0 aromatic carbocycles. The molecule has 0 amide bonds. The van der Waals surface area contributed by atoms with Gasteiger partial charge in [0.2, 0.25) is 0 Å². The molecule has 0 saturated heterocycles. The Morgan fingerprint density at radius 2 is 2.00 bits per heavy atom. The highest BCUT2D eigenvalue weighted by Crippen LogP contribution is 1.93. The maximum absolute atomic E-state index is 10.8. The summed E-state index contributed by atoms with van der Waals surface area (Å²) in [6.45, 7) is 4.95. The van der Waals surface area contributed by atoms with E-state index in [0.29, 0.717) is 5.76 Å². The van der Waals surface area contributed by atoms with E-state index < -0.39 is 5.97 Å². The number of Topliss-reactive ketones (excluding diaryl/α,β-unsaturated/α-hetero) is 1. The van der Waals surface area contributed by atoms with Crippen LogP contribution in [0.1, 0.15) is 13.3 Å². The van der Waals surface area contributed by atoms with Gasteiger partial charge in [0.15, 0.2) is 5.78 Å². The smallest absolute Gasteiger partial charge is 0.313 e. The van der Waals surface area contributed by atoms with Crippen LogP contribution in [-0.2, 0) is 19.1 Å². The van der Waals surface area contributed by atoms with Gasteiger partial charge < -0.3 is 9.47 Å². The van der Waals surface area contributed by atoms with Crippen molar-refractivity contribution in [3.8, 4) is 0 Å². The summed E-state index contributed by atoms with van der Waals surface area (Å²) in [4.78, 5) is 21.4. The maximum atomic E-state index is 10.8. The minimum atomic E-state index is -0.551. The molecule has 0 radical (unpaired) electrons. The minimum Gasteiger partial charge on any atom is -0.491 e. The summed E-state index contributed by atoms with van der Waals surface area (Å²) in [5.74, 6) is -0.414. The van der Waals surface area contributed by atoms with Gasteiger partial charge in [-0.2, -0.15) is 0 Å². The Hall–Kier alpha value is -1.32. The van der Waals surface area contributed by atoms with Gasteiger partial charge in [-0.3, -0.25) is 9.59 Å². The van der Waals surface area contributed by atoms with Gasteiger partial charge >= 0.3 is 5.97 Å². The van der Waals surface area contributed by atoms with Crippen LogP contribution in [0.4, 0.5) is 0 Å². The SMILES string of the molecule is C=C(C)OCC(=O)CC(=O)OC. The first-order chi connectivity index (χ1) is 5.56. The summed E-state index contributed by atoms with van der Waals surface area (Å²) < 4.78 is 9.09. The lowest BCUT2D eigenvalue weighted by atomic mass is 10.3. The third kappa shape index (κ3) is 5.46. The molecule has 4 nitrogen and oxygen atoms in total. The van der Waals surface area contributed by atoms with Crippen LogP contribution in [0.5, 0.6) is 0 Å². The molecule has 0 aliphatic heterocycles. The second-order valence-corrected chi connectivity index (χ2v) is 2.28. The molecule has 0 rings (SSSR count). The van der Waals surface area contributed by atoms with Gasteiger partial charge in [-0.1, -0.05) is 6.58 Å². The van der Waals surface area contributed by atoms with Crippen molar-refractivity contribution in [2.45, 2.75) is 13.3 Å². The average molecular weight is 172 g/mol. The van der Waals surface area contributed by atoms with Gasteiger partial charge in [0, 0.05) is 0 Å². The zero-order valence-electron chi connectivity index (χ0n) is 7.25. The number of carbonyl (C=O) groups excluding carboxylic acids is 2. The number of rotatable bonds is 5. The largest absolute Gasteiger partial charge is 0.491 e. The van der Waals surface area contributed by atoms with E-state index in [9.17, 15) is 9.59 Å². The predicted octanol–water partition coefficient (Wildman–Crippen LogP) is 0.669. The maximum Gasteiger partial charge on any atom is 0.313 e. The Balaban J connectivity index is 3.60. The lowest BCUT2D eigenvalue weighted by Crippen LogP contribution is -2.14. The Morgan fingerprint density at radius 1 is 1.42 bits per heavy atom. The fourth-order valence-corrected chi connectivity index (χ4v) is 0.488. The van der Waals surface area contributed by atoms with Crippen molar-refractivity contribution in [2.75, 3.05) is 13.7 Å². The summed E-state index contributed by atoms with van der Waals surface area (Å²) in [6, 6.07) is 0. The average Bonchev–Trinajstić information content (AvgIpc) is 2.00. The minimum absolute atomic E-state index is 0.121. The molecule has 0 saturated carbocycles. The number of ether oxygens (including phenoxy) is 2. The summed E-state index contributed by atoms with van der Waals surface area (Å²) in [5, 5.41) is 0. The van der Waals surface area contributed by atoms with Gasteiger partial charge in [0.1, 0.15) is 13.0 Å². The first-order valence-corrected chi connectivity index (χ1v) is 3.43. The van der Waals surface area contributed by atoms with Crippen molar-refractivity contribution in [1.82, 2.24) is 0 Å². The molecule has 4 heteroatoms. The predicted molar refractivity (Wildman–Crippen MR) is 42.4 cm³/mol. The number of hydrogen-bond donors (Lipinski definition) is 0. The quantitative estimate of drug-likeness (QED) is 0.347. The van der Waals surface area contributed by atoms with Crippen LogP contribution in [0.25, 0.3) is 0 Å². The number of carbonyl (C=O) groups is 2. The van der Waals surface area contributed by atoms with Gasteiger partial charge in [-0.15, -0.1) is 0 Å². The zero-order chi connectivity index (χ0) is 9.56. The van der Waals surface area contributed by atoms with Gasteiger partial charge in [-0.25, -0.2) is 0 Å². The molecule has 0 heterocycles. The molecule has 0 aliphatic carbocycles. The second-order valence-electron chi connectivity index (χ2n) is 2.28. The number of allylic oxidation sites excluding steroid dienone is 1. The standard InChI is InChI=1S/C8H12O4/c1-6(2)12-5-7(9)4-8(10)11-3/h1,4-5H2,2-3H3. The Bertz CT molecular complexity index is 195. The molecule has 68 valence electrons. The van der Waals surface area contributed by atoms with E-state index in [4.69, 9.17) is 4.74 Å². The molecule has 0 aliphatic rings. The molecule has 0 fully saturated rings. The van der Waals surface area contributed by atoms with E-state index in [0.717, 1.165) is 0 Å². The van der Waals surface area contributed by atoms with Crippen molar-refractivity contribution in [2.24, 2.45) is 0 Å². The monoisotopic (exact) mass is 172 g/mol. The Kier molecular flexibility index (Phi) is 4.76. The fraction of sp³-hybridized carbons (Fsp3) is 0.500. The van der Waals surface area contributed by atoms with E-state index in [1.807, 2.05) is 0 Å². The van der Waals surface area contributed by atoms with E-state index in [2.05, 4.69) is 11.3 Å². The summed E-state index contributed by atoms with van der Waals surface area (Å²) in [6.07, 6.45) is -0.246. The van der Waals surface area contributed by atoms with Gasteiger partial charge in [-0.05, 0) is 6.92 Å². The number of ketones is 1. The highest BCUT2D eigenvalue weighted by atomic mass is 16.5. The molecular formula is C8H12O4. The Labute approximate surface area is 71.2 Å². The lowest BCUT2D eigenvalue weighted by molar-refractivity contribution is -0.144. The van der Waals surface area contributed by atoms with Crippen LogP contribution in [0.15, 0.2) is 12.3 Å². The van der Waals surface area contributed by atoms with Crippen molar-refractivity contribution in [3.05, 3.63) is 12.3 Å². The number of methoxy groups -OCH3 is 1. The third-order valence-corrected chi connectivity index (χ3v) is 1.05. The Morgan fingerprint density at radius 3 is 2.42 bits per heavy atom. The highest BCUT2D eigenvalue weighted by molar-refractivity contribution is 5.96. The van der Waals surface area contributed by atoms with E-state index in [1.54, 1.807) is 6.92 Å². The topological polar surface area (TPSA) is 52.6 Å². The molecule has 0 aromatic heterocycles. The normalized spacial score (nSPS) is 8.83. The van der Waals surface area contributed by atoms with Crippen LogP contribution >= 0.6 is 0 Å². The first kappa shape index (κ1) is 10.7. The molecule has 12 heavy (non-hydrogen) atoms. The van der Waals surface area contributed by atoms with Crippen LogP contribution in [0, 0.1) is 0 Å². The third-order valence-electron chi connectivity index (χ3n) is 1.05. The highest BCUT2D eigenvalue weighted by Gasteiger charge is 2.09. The molecule has 0 unspecified atom stereocenters. The summed E-state index contributed by atoms with van der Waals surface area (Å²) in [5.41, 5.74) is 0. The van der Waals surface area contributed by atoms with Crippen LogP contribution in [0.2, 0.25) is 0 Å².